The molecular formula is C14H21NO4S. The van der Waals surface area contributed by atoms with E-state index < -0.39 is 15.6 Å². The number of ether oxygens (including phenoxy) is 1. The number of sulfonamides is 1. The highest BCUT2D eigenvalue weighted by atomic mass is 32.2. The van der Waals surface area contributed by atoms with E-state index in [1.165, 1.54) is 6.07 Å². The largest absolute Gasteiger partial charge is 0.492 e. The van der Waals surface area contributed by atoms with Gasteiger partial charge in [0.2, 0.25) is 10.0 Å². The zero-order chi connectivity index (χ0) is 14.8. The van der Waals surface area contributed by atoms with E-state index in [9.17, 15) is 13.5 Å². The van der Waals surface area contributed by atoms with Gasteiger partial charge in [-0.1, -0.05) is 12.1 Å². The van der Waals surface area contributed by atoms with Gasteiger partial charge in [0.1, 0.15) is 10.6 Å². The lowest BCUT2D eigenvalue weighted by Gasteiger charge is -2.23. The van der Waals surface area contributed by atoms with E-state index in [1.807, 2.05) is 0 Å². The minimum Gasteiger partial charge on any atom is -0.492 e. The third-order valence-electron chi connectivity index (χ3n) is 3.52. The lowest BCUT2D eigenvalue weighted by atomic mass is 10.0. The number of nitrogens with one attached hydrogen (secondary N) is 1. The van der Waals surface area contributed by atoms with Crippen LogP contribution in [0.5, 0.6) is 5.75 Å². The first-order valence-corrected chi connectivity index (χ1v) is 8.29. The van der Waals surface area contributed by atoms with Crippen molar-refractivity contribution >= 4 is 10.0 Å². The summed E-state index contributed by atoms with van der Waals surface area (Å²) in [6.07, 6.45) is 1.90. The molecule has 5 nitrogen and oxygen atoms in total. The molecule has 2 N–H and O–H groups in total. The lowest BCUT2D eigenvalue weighted by molar-refractivity contribution is 0.0422. The molecule has 112 valence electrons. The third-order valence-corrected chi connectivity index (χ3v) is 4.96. The molecule has 0 heterocycles. The Balaban J connectivity index is 2.14. The fraction of sp³-hybridized carbons (Fsp3) is 0.571. The number of rotatable bonds is 7. The number of hydrogen-bond acceptors (Lipinski definition) is 4. The summed E-state index contributed by atoms with van der Waals surface area (Å²) >= 11 is 0. The summed E-state index contributed by atoms with van der Waals surface area (Å²) in [6, 6.07) is 6.50. The molecule has 0 saturated heterocycles. The molecule has 1 aromatic rings. The van der Waals surface area contributed by atoms with Crippen LogP contribution >= 0.6 is 0 Å². The first kappa shape index (κ1) is 15.3. The summed E-state index contributed by atoms with van der Waals surface area (Å²) in [6.45, 7) is 3.88. The smallest absolute Gasteiger partial charge is 0.244 e. The zero-order valence-corrected chi connectivity index (χ0v) is 12.6. The second-order valence-electron chi connectivity index (χ2n) is 5.34. The van der Waals surface area contributed by atoms with E-state index in [2.05, 4.69) is 4.72 Å². The molecule has 0 aliphatic heterocycles. The van der Waals surface area contributed by atoms with E-state index in [4.69, 9.17) is 4.74 Å². The second kappa shape index (κ2) is 5.71. The van der Waals surface area contributed by atoms with Crippen LogP contribution in [0.3, 0.4) is 0 Å². The molecule has 0 amide bonds. The van der Waals surface area contributed by atoms with Gasteiger partial charge in [-0.25, -0.2) is 13.1 Å². The predicted molar refractivity (Wildman–Crippen MR) is 76.1 cm³/mol. The average molecular weight is 299 g/mol. The quantitative estimate of drug-likeness (QED) is 0.800. The van der Waals surface area contributed by atoms with E-state index in [-0.39, 0.29) is 17.4 Å². The van der Waals surface area contributed by atoms with Crippen molar-refractivity contribution in [2.24, 2.45) is 5.92 Å². The van der Waals surface area contributed by atoms with E-state index >= 15 is 0 Å². The van der Waals surface area contributed by atoms with Crippen molar-refractivity contribution in [3.05, 3.63) is 24.3 Å². The zero-order valence-electron chi connectivity index (χ0n) is 11.8. The molecule has 2 rings (SSSR count). The van der Waals surface area contributed by atoms with Crippen molar-refractivity contribution < 1.29 is 18.3 Å². The number of aliphatic hydroxyl groups is 1. The highest BCUT2D eigenvalue weighted by Crippen LogP contribution is 2.39. The fourth-order valence-corrected chi connectivity index (χ4v) is 3.40. The number of para-hydroxylation sites is 1. The molecule has 0 spiro atoms. The molecule has 20 heavy (non-hydrogen) atoms. The molecular weight excluding hydrogens is 278 g/mol. The maximum atomic E-state index is 12.3. The topological polar surface area (TPSA) is 75.6 Å². The Bertz CT molecular complexity index is 564. The summed E-state index contributed by atoms with van der Waals surface area (Å²) < 4.78 is 32.4. The third kappa shape index (κ3) is 3.50. The Morgan fingerprint density at radius 1 is 1.40 bits per heavy atom. The Kier molecular flexibility index (Phi) is 4.36. The molecule has 0 aromatic heterocycles. The summed E-state index contributed by atoms with van der Waals surface area (Å²) in [5, 5.41) is 10.2. The Morgan fingerprint density at radius 3 is 2.65 bits per heavy atom. The first-order valence-electron chi connectivity index (χ1n) is 6.80. The van der Waals surface area contributed by atoms with Crippen molar-refractivity contribution in [3.63, 3.8) is 0 Å². The van der Waals surface area contributed by atoms with Gasteiger partial charge in [-0.3, -0.25) is 0 Å². The predicted octanol–water partition coefficient (Wildman–Crippen LogP) is 1.52. The van der Waals surface area contributed by atoms with Gasteiger partial charge in [-0.05, 0) is 44.7 Å². The molecule has 1 atom stereocenters. The van der Waals surface area contributed by atoms with Crippen LogP contribution in [0.1, 0.15) is 26.7 Å². The summed E-state index contributed by atoms with van der Waals surface area (Å²) in [4.78, 5) is 0.105. The van der Waals surface area contributed by atoms with Gasteiger partial charge in [0, 0.05) is 6.54 Å². The van der Waals surface area contributed by atoms with E-state index in [0.29, 0.717) is 12.4 Å². The molecule has 0 radical (unpaired) electrons. The van der Waals surface area contributed by atoms with Crippen LogP contribution in [0, 0.1) is 5.92 Å². The average Bonchev–Trinajstić information content (AvgIpc) is 3.22. The molecule has 1 aliphatic rings. The highest BCUT2D eigenvalue weighted by Gasteiger charge is 2.40. The Hall–Kier alpha value is -1.11. The molecule has 1 aromatic carbocycles. The minimum atomic E-state index is -3.69. The molecule has 1 fully saturated rings. The van der Waals surface area contributed by atoms with Gasteiger partial charge < -0.3 is 9.84 Å². The summed E-state index contributed by atoms with van der Waals surface area (Å²) in [7, 11) is -3.69. The molecule has 1 unspecified atom stereocenters. The van der Waals surface area contributed by atoms with Crippen LogP contribution in [0.4, 0.5) is 0 Å². The minimum absolute atomic E-state index is 0.0143. The van der Waals surface area contributed by atoms with Gasteiger partial charge in [0.05, 0.1) is 12.2 Å². The molecule has 1 aliphatic carbocycles. The second-order valence-corrected chi connectivity index (χ2v) is 7.07. The van der Waals surface area contributed by atoms with Crippen molar-refractivity contribution in [1.82, 2.24) is 4.72 Å². The van der Waals surface area contributed by atoms with Crippen LogP contribution in [-0.4, -0.2) is 32.3 Å². The summed E-state index contributed by atoms with van der Waals surface area (Å²) in [5.41, 5.74) is -0.992. The van der Waals surface area contributed by atoms with Crippen LogP contribution in [0.2, 0.25) is 0 Å². The van der Waals surface area contributed by atoms with Crippen molar-refractivity contribution in [2.75, 3.05) is 13.2 Å². The number of benzene rings is 1. The van der Waals surface area contributed by atoms with Crippen molar-refractivity contribution in [1.29, 1.82) is 0 Å². The molecule has 1 saturated carbocycles. The lowest BCUT2D eigenvalue weighted by Crippen LogP contribution is -2.42. The Morgan fingerprint density at radius 2 is 2.05 bits per heavy atom. The van der Waals surface area contributed by atoms with Crippen LogP contribution in [-0.2, 0) is 10.0 Å². The fourth-order valence-electron chi connectivity index (χ4n) is 2.12. The van der Waals surface area contributed by atoms with Crippen molar-refractivity contribution in [3.8, 4) is 5.75 Å². The van der Waals surface area contributed by atoms with Crippen LogP contribution in [0.15, 0.2) is 29.2 Å². The van der Waals surface area contributed by atoms with Crippen LogP contribution < -0.4 is 9.46 Å². The SMILES string of the molecule is CCOc1ccccc1S(=O)(=O)NCC(C)(O)C1CC1. The summed E-state index contributed by atoms with van der Waals surface area (Å²) in [5.74, 6) is 0.515. The molecule has 0 bridgehead atoms. The monoisotopic (exact) mass is 299 g/mol. The first-order chi connectivity index (χ1) is 9.37. The van der Waals surface area contributed by atoms with Gasteiger partial charge >= 0.3 is 0 Å². The Labute approximate surface area is 120 Å². The van der Waals surface area contributed by atoms with E-state index in [0.717, 1.165) is 12.8 Å². The van der Waals surface area contributed by atoms with Gasteiger partial charge in [0.25, 0.3) is 0 Å². The maximum Gasteiger partial charge on any atom is 0.244 e. The maximum absolute atomic E-state index is 12.3. The van der Waals surface area contributed by atoms with Gasteiger partial charge in [0.15, 0.2) is 0 Å². The normalized spacial score (nSPS) is 18.6. The van der Waals surface area contributed by atoms with Gasteiger partial charge in [-0.2, -0.15) is 0 Å². The number of hydrogen-bond donors (Lipinski definition) is 2. The van der Waals surface area contributed by atoms with E-state index in [1.54, 1.807) is 32.0 Å². The van der Waals surface area contributed by atoms with Crippen LogP contribution in [0.25, 0.3) is 0 Å². The van der Waals surface area contributed by atoms with Crippen molar-refractivity contribution in [2.45, 2.75) is 37.2 Å². The standard InChI is InChI=1S/C14H21NO4S/c1-3-19-12-6-4-5-7-13(12)20(17,18)15-10-14(2,16)11-8-9-11/h4-7,11,15-16H,3,8-10H2,1-2H3. The molecule has 6 heteroatoms. The van der Waals surface area contributed by atoms with Gasteiger partial charge in [-0.15, -0.1) is 0 Å². The highest BCUT2D eigenvalue weighted by molar-refractivity contribution is 7.89.